The fourth-order valence-electron chi connectivity index (χ4n) is 1.96. The summed E-state index contributed by atoms with van der Waals surface area (Å²) in [5.74, 6) is -0.837. The molecule has 0 aliphatic carbocycles. The third-order valence-electron chi connectivity index (χ3n) is 2.91. The molecule has 0 atom stereocenters. The minimum absolute atomic E-state index is 0.00581. The third-order valence-corrected chi connectivity index (χ3v) is 2.91. The van der Waals surface area contributed by atoms with E-state index in [-0.39, 0.29) is 11.1 Å². The van der Waals surface area contributed by atoms with Crippen molar-refractivity contribution < 1.29 is 23.8 Å². The number of carboxylic acid groups (broad SMARTS) is 1. The molecule has 0 saturated heterocycles. The Morgan fingerprint density at radius 1 is 1.10 bits per heavy atom. The van der Waals surface area contributed by atoms with Crippen LogP contribution in [0.2, 0.25) is 0 Å². The molecule has 20 heavy (non-hydrogen) atoms. The number of ether oxygens (including phenoxy) is 2. The van der Waals surface area contributed by atoms with Gasteiger partial charge in [0.25, 0.3) is 0 Å². The summed E-state index contributed by atoms with van der Waals surface area (Å²) < 4.78 is 24.4. The van der Waals surface area contributed by atoms with E-state index in [2.05, 4.69) is 0 Å². The molecule has 4 nitrogen and oxygen atoms in total. The molecule has 0 aromatic heterocycles. The molecule has 0 heterocycles. The highest BCUT2D eigenvalue weighted by molar-refractivity contribution is 5.90. The Labute approximate surface area is 115 Å². The molecule has 0 saturated carbocycles. The van der Waals surface area contributed by atoms with Crippen molar-refractivity contribution in [2.75, 3.05) is 14.2 Å². The van der Waals surface area contributed by atoms with Crippen LogP contribution in [0.3, 0.4) is 0 Å². The van der Waals surface area contributed by atoms with Gasteiger partial charge in [0.2, 0.25) is 0 Å². The maximum absolute atomic E-state index is 14.0. The van der Waals surface area contributed by atoms with Crippen LogP contribution in [0.5, 0.6) is 11.5 Å². The van der Waals surface area contributed by atoms with Gasteiger partial charge in [-0.2, -0.15) is 0 Å². The maximum atomic E-state index is 14.0. The summed E-state index contributed by atoms with van der Waals surface area (Å²) in [6.45, 7) is 0. The fourth-order valence-corrected chi connectivity index (χ4v) is 1.96. The number of hydrogen-bond donors (Lipinski definition) is 1. The second-order valence-electron chi connectivity index (χ2n) is 4.04. The van der Waals surface area contributed by atoms with Crippen LogP contribution in [0.1, 0.15) is 10.4 Å². The summed E-state index contributed by atoms with van der Waals surface area (Å²) in [6.07, 6.45) is 0. The van der Waals surface area contributed by atoms with Crippen molar-refractivity contribution in [3.63, 3.8) is 0 Å². The highest BCUT2D eigenvalue weighted by Crippen LogP contribution is 2.39. The molecule has 1 N–H and O–H groups in total. The van der Waals surface area contributed by atoms with E-state index in [9.17, 15) is 9.18 Å². The molecule has 0 aliphatic rings. The van der Waals surface area contributed by atoms with Crippen LogP contribution in [0.15, 0.2) is 36.4 Å². The van der Waals surface area contributed by atoms with E-state index in [1.807, 2.05) is 0 Å². The molecule has 0 amide bonds. The number of halogens is 1. The van der Waals surface area contributed by atoms with Crippen LogP contribution in [0.25, 0.3) is 11.1 Å². The zero-order valence-electron chi connectivity index (χ0n) is 11.0. The Morgan fingerprint density at radius 3 is 2.45 bits per heavy atom. The van der Waals surface area contributed by atoms with Gasteiger partial charge in [0.1, 0.15) is 5.82 Å². The lowest BCUT2D eigenvalue weighted by Crippen LogP contribution is -1.99. The summed E-state index contributed by atoms with van der Waals surface area (Å²) in [7, 11) is 2.92. The molecule has 0 bridgehead atoms. The molecule has 5 heteroatoms. The normalized spacial score (nSPS) is 10.2. The fraction of sp³-hybridized carbons (Fsp3) is 0.133. The second-order valence-corrected chi connectivity index (χ2v) is 4.04. The van der Waals surface area contributed by atoms with Gasteiger partial charge in [0.05, 0.1) is 19.8 Å². The Hall–Kier alpha value is -2.56. The quantitative estimate of drug-likeness (QED) is 0.931. The van der Waals surface area contributed by atoms with Gasteiger partial charge in [-0.1, -0.05) is 12.1 Å². The molecule has 0 spiro atoms. The number of carboxylic acids is 1. The Morgan fingerprint density at radius 2 is 1.85 bits per heavy atom. The lowest BCUT2D eigenvalue weighted by atomic mass is 10.0. The van der Waals surface area contributed by atoms with Crippen LogP contribution < -0.4 is 9.47 Å². The van der Waals surface area contributed by atoms with Crippen LogP contribution in [0, 0.1) is 5.82 Å². The predicted octanol–water partition coefficient (Wildman–Crippen LogP) is 3.21. The first-order valence-corrected chi connectivity index (χ1v) is 5.82. The molecule has 2 aromatic rings. The summed E-state index contributed by atoms with van der Waals surface area (Å²) in [5, 5.41) is 9.00. The van der Waals surface area contributed by atoms with E-state index >= 15 is 0 Å². The van der Waals surface area contributed by atoms with Gasteiger partial charge in [-0.05, 0) is 24.3 Å². The van der Waals surface area contributed by atoms with Crippen LogP contribution >= 0.6 is 0 Å². The second kappa shape index (κ2) is 5.61. The number of benzene rings is 2. The SMILES string of the molecule is COc1cccc(-c2cc(C(=O)O)ccc2F)c1OC. The average molecular weight is 276 g/mol. The number of para-hydroxylation sites is 1. The molecule has 104 valence electrons. The minimum atomic E-state index is -1.12. The summed E-state index contributed by atoms with van der Waals surface area (Å²) in [4.78, 5) is 11.0. The van der Waals surface area contributed by atoms with Gasteiger partial charge in [-0.3, -0.25) is 0 Å². The third kappa shape index (κ3) is 2.42. The van der Waals surface area contributed by atoms with Crippen molar-refractivity contribution in [3.8, 4) is 22.6 Å². The van der Waals surface area contributed by atoms with Gasteiger partial charge in [0, 0.05) is 11.1 Å². The van der Waals surface area contributed by atoms with Gasteiger partial charge < -0.3 is 14.6 Å². The summed E-state index contributed by atoms with van der Waals surface area (Å²) in [5.41, 5.74) is 0.597. The zero-order valence-corrected chi connectivity index (χ0v) is 11.0. The van der Waals surface area contributed by atoms with E-state index in [0.29, 0.717) is 17.1 Å². The topological polar surface area (TPSA) is 55.8 Å². The van der Waals surface area contributed by atoms with Gasteiger partial charge >= 0.3 is 5.97 Å². The largest absolute Gasteiger partial charge is 0.493 e. The van der Waals surface area contributed by atoms with E-state index in [0.717, 1.165) is 6.07 Å². The van der Waals surface area contributed by atoms with Crippen LogP contribution in [0.4, 0.5) is 4.39 Å². The molecular formula is C15H13FO4. The van der Waals surface area contributed by atoms with Crippen LogP contribution in [-0.4, -0.2) is 25.3 Å². The van der Waals surface area contributed by atoms with Gasteiger partial charge in [-0.15, -0.1) is 0 Å². The van der Waals surface area contributed by atoms with Crippen molar-refractivity contribution >= 4 is 5.97 Å². The highest BCUT2D eigenvalue weighted by Gasteiger charge is 2.16. The molecule has 0 radical (unpaired) electrons. The van der Waals surface area contributed by atoms with Crippen molar-refractivity contribution in [1.29, 1.82) is 0 Å². The molecule has 0 unspecified atom stereocenters. The first kappa shape index (κ1) is 13.9. The summed E-state index contributed by atoms with van der Waals surface area (Å²) in [6, 6.07) is 8.62. The standard InChI is InChI=1S/C15H13FO4/c1-19-13-5-3-4-10(14(13)20-2)11-8-9(15(17)18)6-7-12(11)16/h3-8H,1-2H3,(H,17,18). The highest BCUT2D eigenvalue weighted by atomic mass is 19.1. The molecular weight excluding hydrogens is 263 g/mol. The molecule has 0 aliphatic heterocycles. The maximum Gasteiger partial charge on any atom is 0.335 e. The molecule has 2 rings (SSSR count). The van der Waals surface area contributed by atoms with Gasteiger partial charge in [-0.25, -0.2) is 9.18 Å². The monoisotopic (exact) mass is 276 g/mol. The Balaban J connectivity index is 2.67. The predicted molar refractivity (Wildman–Crippen MR) is 71.9 cm³/mol. The average Bonchev–Trinajstić information content (AvgIpc) is 2.46. The smallest absolute Gasteiger partial charge is 0.335 e. The van der Waals surface area contributed by atoms with Crippen molar-refractivity contribution in [2.24, 2.45) is 0 Å². The van der Waals surface area contributed by atoms with Gasteiger partial charge in [0.15, 0.2) is 11.5 Å². The lowest BCUT2D eigenvalue weighted by molar-refractivity contribution is 0.0697. The number of carbonyl (C=O) groups is 1. The van der Waals surface area contributed by atoms with Crippen molar-refractivity contribution in [3.05, 3.63) is 47.8 Å². The van der Waals surface area contributed by atoms with E-state index < -0.39 is 11.8 Å². The van der Waals surface area contributed by atoms with Crippen LogP contribution in [-0.2, 0) is 0 Å². The number of hydrogen-bond acceptors (Lipinski definition) is 3. The number of methoxy groups -OCH3 is 2. The Kier molecular flexibility index (Phi) is 3.89. The zero-order chi connectivity index (χ0) is 14.7. The van der Waals surface area contributed by atoms with E-state index in [4.69, 9.17) is 14.6 Å². The first-order valence-electron chi connectivity index (χ1n) is 5.82. The number of rotatable bonds is 4. The minimum Gasteiger partial charge on any atom is -0.493 e. The Bertz CT molecular complexity index is 652. The number of aromatic carboxylic acids is 1. The summed E-state index contributed by atoms with van der Waals surface area (Å²) >= 11 is 0. The lowest BCUT2D eigenvalue weighted by Gasteiger charge is -2.13. The molecule has 0 fully saturated rings. The van der Waals surface area contributed by atoms with Crippen molar-refractivity contribution in [2.45, 2.75) is 0 Å². The van der Waals surface area contributed by atoms with E-state index in [1.54, 1.807) is 18.2 Å². The van der Waals surface area contributed by atoms with E-state index in [1.165, 1.54) is 26.4 Å². The first-order chi connectivity index (χ1) is 9.58. The molecule has 2 aromatic carbocycles. The van der Waals surface area contributed by atoms with Crippen molar-refractivity contribution in [1.82, 2.24) is 0 Å².